The molecule has 8 nitrogen and oxygen atoms in total. The smallest absolute Gasteiger partial charge is 0.256 e. The Labute approximate surface area is 202 Å². The molecule has 3 aromatic rings. The lowest BCUT2D eigenvalue weighted by Crippen LogP contribution is -2.36. The molecule has 1 amide bonds. The minimum atomic E-state index is -0.559. The van der Waals surface area contributed by atoms with E-state index in [1.807, 2.05) is 23.1 Å². The van der Waals surface area contributed by atoms with Crippen molar-refractivity contribution in [3.8, 4) is 17.2 Å². The maximum Gasteiger partial charge on any atom is 0.256 e. The van der Waals surface area contributed by atoms with Gasteiger partial charge >= 0.3 is 0 Å². The minimum absolute atomic E-state index is 0.0167. The summed E-state index contributed by atoms with van der Waals surface area (Å²) in [7, 11) is 0. The van der Waals surface area contributed by atoms with Gasteiger partial charge in [0.15, 0.2) is 17.3 Å². The first-order valence-corrected chi connectivity index (χ1v) is 12.2. The second-order valence-corrected chi connectivity index (χ2v) is 9.54. The van der Waals surface area contributed by atoms with Gasteiger partial charge in [-0.05, 0) is 50.6 Å². The highest BCUT2D eigenvalue weighted by Gasteiger charge is 2.32. The number of halogens is 1. The number of likely N-dealkylation sites (tertiary alicyclic amines) is 1. The molecule has 35 heavy (non-hydrogen) atoms. The topological polar surface area (TPSA) is 92.8 Å². The number of amides is 1. The third-order valence-electron chi connectivity index (χ3n) is 7.21. The summed E-state index contributed by atoms with van der Waals surface area (Å²) in [5, 5.41) is 2.99. The van der Waals surface area contributed by atoms with Gasteiger partial charge in [0.05, 0.1) is 11.1 Å². The number of hydrogen-bond acceptors (Lipinski definition) is 6. The number of hydrogen-bond donors (Lipinski definition) is 2. The number of rotatable bonds is 5. The number of pyridine rings is 1. The van der Waals surface area contributed by atoms with E-state index in [9.17, 15) is 9.59 Å². The lowest BCUT2D eigenvalue weighted by molar-refractivity contribution is 0.0948. The van der Waals surface area contributed by atoms with E-state index in [2.05, 4.69) is 10.2 Å². The van der Waals surface area contributed by atoms with Crippen LogP contribution < -0.4 is 26.1 Å². The van der Waals surface area contributed by atoms with Crippen molar-refractivity contribution in [3.63, 3.8) is 0 Å². The highest BCUT2D eigenvalue weighted by molar-refractivity contribution is 6.01. The van der Waals surface area contributed by atoms with Crippen LogP contribution in [0.15, 0.2) is 41.3 Å². The number of fused-ring (bicyclic) bond motifs is 2. The summed E-state index contributed by atoms with van der Waals surface area (Å²) in [6.07, 6.45) is 4.64. The summed E-state index contributed by atoms with van der Waals surface area (Å²) in [6.45, 7) is 4.35. The number of anilines is 1. The predicted molar refractivity (Wildman–Crippen MR) is 132 cm³/mol. The van der Waals surface area contributed by atoms with E-state index in [0.29, 0.717) is 42.3 Å². The second kappa shape index (κ2) is 8.66. The molecule has 182 valence electrons. The van der Waals surface area contributed by atoms with E-state index in [4.69, 9.17) is 10.5 Å². The number of carbonyl (C=O) groups is 1. The van der Waals surface area contributed by atoms with Gasteiger partial charge in [0.25, 0.3) is 5.91 Å². The Morgan fingerprint density at radius 3 is 2.77 bits per heavy atom. The molecular weight excluding hydrogens is 449 g/mol. The molecule has 1 aromatic heterocycles. The van der Waals surface area contributed by atoms with Gasteiger partial charge < -0.3 is 30.2 Å². The minimum Gasteiger partial charge on any atom is -0.451 e. The van der Waals surface area contributed by atoms with Crippen LogP contribution in [0.5, 0.6) is 11.5 Å². The molecule has 0 saturated carbocycles. The predicted octanol–water partition coefficient (Wildman–Crippen LogP) is 2.60. The third-order valence-corrected chi connectivity index (χ3v) is 7.21. The first-order chi connectivity index (χ1) is 17.0. The number of carbonyl (C=O) groups excluding carboxylic acids is 1. The molecule has 0 radical (unpaired) electrons. The molecule has 3 N–H and O–H groups in total. The van der Waals surface area contributed by atoms with Crippen molar-refractivity contribution in [1.82, 2.24) is 14.8 Å². The molecule has 2 saturated heterocycles. The average molecular weight is 478 g/mol. The summed E-state index contributed by atoms with van der Waals surface area (Å²) in [4.78, 5) is 30.7. The second-order valence-electron chi connectivity index (χ2n) is 9.54. The standard InChI is InChI=1S/C26H28FN5O3/c27-19-13-17-22-25(23(19)31-11-7-16(28)14-31)35-21-6-2-1-5-20(21)32(22)15-18(24(17)33)26(34)29-8-12-30-9-3-4-10-30/h1-2,5-6,13,15-16H,3-4,7-12,14,28H2,(H,29,34)/t16-/m0/s1. The summed E-state index contributed by atoms with van der Waals surface area (Å²) >= 11 is 0. The van der Waals surface area contributed by atoms with Crippen molar-refractivity contribution in [2.24, 2.45) is 5.73 Å². The number of benzene rings is 2. The zero-order valence-electron chi connectivity index (χ0n) is 19.4. The van der Waals surface area contributed by atoms with Gasteiger partial charge in [-0.2, -0.15) is 0 Å². The van der Waals surface area contributed by atoms with Crippen molar-refractivity contribution in [2.45, 2.75) is 25.3 Å². The molecular formula is C26H28FN5O3. The van der Waals surface area contributed by atoms with E-state index in [0.717, 1.165) is 26.1 Å². The van der Waals surface area contributed by atoms with Crippen molar-refractivity contribution >= 4 is 22.5 Å². The lowest BCUT2D eigenvalue weighted by atomic mass is 10.1. The first-order valence-electron chi connectivity index (χ1n) is 12.2. The van der Waals surface area contributed by atoms with E-state index >= 15 is 4.39 Å². The van der Waals surface area contributed by atoms with E-state index in [1.165, 1.54) is 18.9 Å². The molecule has 3 aliphatic rings. The third kappa shape index (κ3) is 3.75. The maximum atomic E-state index is 15.5. The fourth-order valence-electron chi connectivity index (χ4n) is 5.43. The van der Waals surface area contributed by atoms with Gasteiger partial charge in [-0.3, -0.25) is 9.59 Å². The molecule has 0 unspecified atom stereocenters. The van der Waals surface area contributed by atoms with Crippen LogP contribution in [-0.4, -0.2) is 60.7 Å². The summed E-state index contributed by atoms with van der Waals surface area (Å²) in [6, 6.07) is 8.52. The van der Waals surface area contributed by atoms with Crippen LogP contribution in [0.1, 0.15) is 29.6 Å². The Balaban J connectivity index is 1.46. The van der Waals surface area contributed by atoms with Crippen LogP contribution in [0.4, 0.5) is 10.1 Å². The largest absolute Gasteiger partial charge is 0.451 e. The number of aromatic nitrogens is 1. The Morgan fingerprint density at radius 1 is 1.20 bits per heavy atom. The van der Waals surface area contributed by atoms with Crippen LogP contribution in [0.2, 0.25) is 0 Å². The Bertz CT molecular complexity index is 1380. The van der Waals surface area contributed by atoms with E-state index < -0.39 is 17.2 Å². The average Bonchev–Trinajstić information content (AvgIpc) is 3.52. The first kappa shape index (κ1) is 22.1. The summed E-state index contributed by atoms with van der Waals surface area (Å²) < 4.78 is 23.5. The van der Waals surface area contributed by atoms with Gasteiger partial charge in [0, 0.05) is 38.4 Å². The molecule has 0 bridgehead atoms. The molecule has 2 fully saturated rings. The number of nitrogens with two attached hydrogens (primary N) is 1. The molecule has 0 aliphatic carbocycles. The quantitative estimate of drug-likeness (QED) is 0.459. The van der Waals surface area contributed by atoms with Gasteiger partial charge in [0.1, 0.15) is 16.8 Å². The molecule has 9 heteroatoms. The zero-order valence-corrected chi connectivity index (χ0v) is 19.4. The van der Waals surface area contributed by atoms with Crippen LogP contribution in [0.3, 0.4) is 0 Å². The monoisotopic (exact) mass is 477 g/mol. The Hall–Kier alpha value is -3.43. The number of para-hydroxylation sites is 2. The zero-order chi connectivity index (χ0) is 24.1. The van der Waals surface area contributed by atoms with Crippen LogP contribution in [0, 0.1) is 5.82 Å². The van der Waals surface area contributed by atoms with Crippen molar-refractivity contribution < 1.29 is 13.9 Å². The van der Waals surface area contributed by atoms with Crippen molar-refractivity contribution in [2.75, 3.05) is 44.2 Å². The Kier molecular flexibility index (Phi) is 5.46. The number of nitrogens with zero attached hydrogens (tertiary/aromatic N) is 3. The lowest BCUT2D eigenvalue weighted by Gasteiger charge is -2.29. The van der Waals surface area contributed by atoms with Crippen LogP contribution >= 0.6 is 0 Å². The summed E-state index contributed by atoms with van der Waals surface area (Å²) in [5.74, 6) is -0.205. The Morgan fingerprint density at radius 2 is 2.00 bits per heavy atom. The maximum absolute atomic E-state index is 15.5. The summed E-state index contributed by atoms with van der Waals surface area (Å²) in [5.41, 5.74) is 7.00. The highest BCUT2D eigenvalue weighted by Crippen LogP contribution is 2.46. The number of ether oxygens (including phenoxy) is 1. The fraction of sp³-hybridized carbons (Fsp3) is 0.385. The van der Waals surface area contributed by atoms with Gasteiger partial charge in [-0.1, -0.05) is 12.1 Å². The molecule has 0 spiro atoms. The van der Waals surface area contributed by atoms with Crippen molar-refractivity contribution in [3.05, 3.63) is 58.1 Å². The SMILES string of the molecule is N[C@H]1CCN(c2c(F)cc3c(=O)c(C(=O)NCCN4CCCC4)cn4c3c2Oc2ccccc2-4)C1. The fourth-order valence-corrected chi connectivity index (χ4v) is 5.43. The van der Waals surface area contributed by atoms with Crippen LogP contribution in [0.25, 0.3) is 16.6 Å². The molecule has 2 aromatic carbocycles. The molecule has 6 rings (SSSR count). The highest BCUT2D eigenvalue weighted by atomic mass is 19.1. The molecule has 3 aliphatic heterocycles. The van der Waals surface area contributed by atoms with Crippen molar-refractivity contribution in [1.29, 1.82) is 0 Å². The van der Waals surface area contributed by atoms with E-state index in [1.54, 1.807) is 16.8 Å². The molecule has 1 atom stereocenters. The van der Waals surface area contributed by atoms with Gasteiger partial charge in [0.2, 0.25) is 5.43 Å². The van der Waals surface area contributed by atoms with E-state index in [-0.39, 0.29) is 22.7 Å². The van der Waals surface area contributed by atoms with Gasteiger partial charge in [-0.15, -0.1) is 0 Å². The van der Waals surface area contributed by atoms with Gasteiger partial charge in [-0.25, -0.2) is 4.39 Å². The number of nitrogens with one attached hydrogen (secondary N) is 1. The van der Waals surface area contributed by atoms with Crippen LogP contribution in [-0.2, 0) is 0 Å². The normalized spacial score (nSPS) is 19.1. The molecule has 4 heterocycles.